The lowest BCUT2D eigenvalue weighted by Crippen LogP contribution is -2.37. The third kappa shape index (κ3) is 3.05. The van der Waals surface area contributed by atoms with Crippen molar-refractivity contribution in [3.05, 3.63) is 30.1 Å². The molecule has 1 aliphatic heterocycles. The minimum Gasteiger partial charge on any atom is -0.468 e. The van der Waals surface area contributed by atoms with Crippen LogP contribution in [-0.2, 0) is 9.53 Å². The van der Waals surface area contributed by atoms with Gasteiger partial charge in [-0.15, -0.1) is 0 Å². The van der Waals surface area contributed by atoms with Crippen molar-refractivity contribution in [3.63, 3.8) is 0 Å². The fourth-order valence-electron chi connectivity index (χ4n) is 2.27. The second-order valence-electron chi connectivity index (χ2n) is 4.35. The lowest BCUT2D eigenvalue weighted by molar-refractivity contribution is -0.147. The first-order chi connectivity index (χ1) is 8.83. The van der Waals surface area contributed by atoms with Gasteiger partial charge in [0, 0.05) is 32.0 Å². The third-order valence-corrected chi connectivity index (χ3v) is 3.16. The summed E-state index contributed by atoms with van der Waals surface area (Å²) >= 11 is 0. The summed E-state index contributed by atoms with van der Waals surface area (Å²) in [5.41, 5.74) is 0.895. The number of hydrogen-bond acceptors (Lipinski definition) is 5. The molecule has 0 spiro atoms. The molecule has 1 N–H and O–H groups in total. The van der Waals surface area contributed by atoms with Gasteiger partial charge >= 0.3 is 5.97 Å². The third-order valence-electron chi connectivity index (χ3n) is 3.16. The van der Waals surface area contributed by atoms with E-state index in [4.69, 9.17) is 4.74 Å². The molecule has 1 atom stereocenters. The lowest BCUT2D eigenvalue weighted by Gasteiger charge is -2.28. The molecule has 2 rings (SSSR count). The van der Waals surface area contributed by atoms with Gasteiger partial charge in [-0.3, -0.25) is 9.88 Å². The molecular formula is C13H19N3O2. The highest BCUT2D eigenvalue weighted by atomic mass is 16.5. The van der Waals surface area contributed by atoms with Gasteiger partial charge in [-0.05, 0) is 24.6 Å². The van der Waals surface area contributed by atoms with Crippen LogP contribution in [0.3, 0.4) is 0 Å². The van der Waals surface area contributed by atoms with Crippen LogP contribution in [0.2, 0.25) is 0 Å². The number of hydrogen-bond donors (Lipinski definition) is 1. The van der Waals surface area contributed by atoms with Crippen LogP contribution in [0, 0.1) is 0 Å². The number of esters is 1. The molecule has 98 valence electrons. The Morgan fingerprint density at radius 1 is 1.50 bits per heavy atom. The second-order valence-corrected chi connectivity index (χ2v) is 4.35. The zero-order valence-corrected chi connectivity index (χ0v) is 10.6. The van der Waals surface area contributed by atoms with Crippen molar-refractivity contribution in [2.24, 2.45) is 0 Å². The van der Waals surface area contributed by atoms with Crippen molar-refractivity contribution in [3.8, 4) is 0 Å². The summed E-state index contributed by atoms with van der Waals surface area (Å²) in [7, 11) is 1.43. The topological polar surface area (TPSA) is 54.5 Å². The summed E-state index contributed by atoms with van der Waals surface area (Å²) in [5.74, 6) is -0.218. The zero-order chi connectivity index (χ0) is 12.8. The molecule has 1 fully saturated rings. The van der Waals surface area contributed by atoms with E-state index in [1.165, 1.54) is 7.11 Å². The van der Waals surface area contributed by atoms with E-state index in [0.29, 0.717) is 0 Å². The molecule has 1 aliphatic rings. The molecule has 18 heavy (non-hydrogen) atoms. The van der Waals surface area contributed by atoms with Crippen molar-refractivity contribution in [2.75, 3.05) is 33.3 Å². The van der Waals surface area contributed by atoms with Gasteiger partial charge in [0.25, 0.3) is 0 Å². The van der Waals surface area contributed by atoms with Crippen molar-refractivity contribution >= 4 is 5.97 Å². The van der Waals surface area contributed by atoms with E-state index in [1.807, 2.05) is 12.1 Å². The van der Waals surface area contributed by atoms with Crippen LogP contribution in [0.25, 0.3) is 0 Å². The van der Waals surface area contributed by atoms with Gasteiger partial charge in [-0.1, -0.05) is 6.07 Å². The number of aromatic nitrogens is 1. The molecule has 1 unspecified atom stereocenters. The average molecular weight is 249 g/mol. The molecule has 1 aromatic heterocycles. The van der Waals surface area contributed by atoms with Crippen LogP contribution in [0.15, 0.2) is 24.5 Å². The minimum atomic E-state index is -0.344. The lowest BCUT2D eigenvalue weighted by atomic mass is 10.1. The van der Waals surface area contributed by atoms with E-state index in [0.717, 1.165) is 38.2 Å². The largest absolute Gasteiger partial charge is 0.468 e. The fraction of sp³-hybridized carbons (Fsp3) is 0.538. The Morgan fingerprint density at radius 3 is 3.11 bits per heavy atom. The highest BCUT2D eigenvalue weighted by molar-refractivity contribution is 5.77. The molecule has 0 aromatic carbocycles. The normalized spacial score (nSPS) is 18.9. The van der Waals surface area contributed by atoms with Crippen LogP contribution in [0.4, 0.5) is 0 Å². The maximum atomic E-state index is 12.0. The number of pyridine rings is 1. The Balaban J connectivity index is 2.21. The molecule has 0 amide bonds. The van der Waals surface area contributed by atoms with E-state index in [9.17, 15) is 4.79 Å². The Bertz CT molecular complexity index is 375. The van der Waals surface area contributed by atoms with Crippen molar-refractivity contribution < 1.29 is 9.53 Å². The molecule has 5 nitrogen and oxygen atoms in total. The van der Waals surface area contributed by atoms with Crippen molar-refractivity contribution in [2.45, 2.75) is 12.5 Å². The zero-order valence-electron chi connectivity index (χ0n) is 10.6. The minimum absolute atomic E-state index is 0.218. The van der Waals surface area contributed by atoms with Gasteiger partial charge < -0.3 is 10.1 Å². The predicted octanol–water partition coefficient (Wildman–Crippen LogP) is 0.591. The van der Waals surface area contributed by atoms with Crippen LogP contribution in [0.5, 0.6) is 0 Å². The first kappa shape index (κ1) is 13.0. The van der Waals surface area contributed by atoms with Gasteiger partial charge in [0.1, 0.15) is 6.04 Å². The number of carbonyl (C=O) groups is 1. The highest BCUT2D eigenvalue weighted by Gasteiger charge is 2.28. The maximum Gasteiger partial charge on any atom is 0.327 e. The van der Waals surface area contributed by atoms with E-state index in [2.05, 4.69) is 15.2 Å². The van der Waals surface area contributed by atoms with Crippen LogP contribution in [0.1, 0.15) is 18.0 Å². The average Bonchev–Trinajstić information content (AvgIpc) is 2.69. The van der Waals surface area contributed by atoms with Crippen LogP contribution < -0.4 is 5.32 Å². The Kier molecular flexibility index (Phi) is 4.66. The van der Waals surface area contributed by atoms with Gasteiger partial charge in [0.2, 0.25) is 0 Å². The molecule has 0 bridgehead atoms. The van der Waals surface area contributed by atoms with Gasteiger partial charge in [-0.2, -0.15) is 0 Å². The second kappa shape index (κ2) is 6.47. The molecule has 0 saturated carbocycles. The number of ether oxygens (including phenoxy) is 1. The van der Waals surface area contributed by atoms with E-state index in [1.54, 1.807) is 12.4 Å². The van der Waals surface area contributed by atoms with E-state index >= 15 is 0 Å². The summed E-state index contributed by atoms with van der Waals surface area (Å²) in [6.45, 7) is 3.63. The summed E-state index contributed by atoms with van der Waals surface area (Å²) in [5, 5.41) is 3.33. The first-order valence-electron chi connectivity index (χ1n) is 6.25. The molecule has 1 saturated heterocycles. The van der Waals surface area contributed by atoms with Crippen molar-refractivity contribution in [1.82, 2.24) is 15.2 Å². The molecule has 5 heteroatoms. The summed E-state index contributed by atoms with van der Waals surface area (Å²) < 4.78 is 4.93. The Labute approximate surface area is 107 Å². The number of carbonyl (C=O) groups excluding carboxylic acids is 1. The molecular weight excluding hydrogens is 230 g/mol. The molecule has 0 radical (unpaired) electrons. The summed E-state index contributed by atoms with van der Waals surface area (Å²) in [4.78, 5) is 18.3. The fourth-order valence-corrected chi connectivity index (χ4v) is 2.27. The smallest absolute Gasteiger partial charge is 0.327 e. The number of rotatable bonds is 3. The molecule has 0 aliphatic carbocycles. The van der Waals surface area contributed by atoms with Gasteiger partial charge in [0.05, 0.1) is 7.11 Å². The standard InChI is InChI=1S/C13H19N3O2/c1-18-13(17)12(11-4-2-5-15-10-11)16-8-3-6-14-7-9-16/h2,4-5,10,12,14H,3,6-9H2,1H3. The number of nitrogens with one attached hydrogen (secondary N) is 1. The van der Waals surface area contributed by atoms with Crippen LogP contribution in [-0.4, -0.2) is 49.1 Å². The summed E-state index contributed by atoms with van der Waals surface area (Å²) in [6, 6.07) is 3.43. The van der Waals surface area contributed by atoms with Crippen molar-refractivity contribution in [1.29, 1.82) is 0 Å². The quantitative estimate of drug-likeness (QED) is 0.795. The number of nitrogens with zero attached hydrogens (tertiary/aromatic N) is 2. The van der Waals surface area contributed by atoms with E-state index in [-0.39, 0.29) is 12.0 Å². The highest BCUT2D eigenvalue weighted by Crippen LogP contribution is 2.22. The van der Waals surface area contributed by atoms with Gasteiger partial charge in [0.15, 0.2) is 0 Å². The SMILES string of the molecule is COC(=O)C(c1cccnc1)N1CCCNCC1. The number of methoxy groups -OCH3 is 1. The van der Waals surface area contributed by atoms with Gasteiger partial charge in [-0.25, -0.2) is 4.79 Å². The van der Waals surface area contributed by atoms with Crippen LogP contribution >= 0.6 is 0 Å². The Hall–Kier alpha value is -1.46. The maximum absolute atomic E-state index is 12.0. The van der Waals surface area contributed by atoms with E-state index < -0.39 is 0 Å². The predicted molar refractivity (Wildman–Crippen MR) is 68.1 cm³/mol. The monoisotopic (exact) mass is 249 g/mol. The molecule has 1 aromatic rings. The summed E-state index contributed by atoms with van der Waals surface area (Å²) in [6.07, 6.45) is 4.48. The molecule has 2 heterocycles. The Morgan fingerprint density at radius 2 is 2.39 bits per heavy atom. The first-order valence-corrected chi connectivity index (χ1v) is 6.25.